The molecule has 2 aromatic carbocycles. The lowest BCUT2D eigenvalue weighted by Crippen LogP contribution is -2.46. The van der Waals surface area contributed by atoms with Gasteiger partial charge in [0.25, 0.3) is 10.0 Å². The molecule has 148 valence electrons. The van der Waals surface area contributed by atoms with Crippen molar-refractivity contribution in [1.82, 2.24) is 5.32 Å². The van der Waals surface area contributed by atoms with E-state index in [0.717, 1.165) is 17.9 Å². The van der Waals surface area contributed by atoms with Crippen molar-refractivity contribution in [3.63, 3.8) is 0 Å². The van der Waals surface area contributed by atoms with E-state index in [9.17, 15) is 13.2 Å². The summed E-state index contributed by atoms with van der Waals surface area (Å²) in [5, 5.41) is 3.11. The minimum Gasteiger partial charge on any atom is -0.352 e. The largest absolute Gasteiger partial charge is 0.352 e. The van der Waals surface area contributed by atoms with Gasteiger partial charge < -0.3 is 5.32 Å². The van der Waals surface area contributed by atoms with Crippen LogP contribution in [0.2, 0.25) is 0 Å². The maximum absolute atomic E-state index is 13.3. The first-order chi connectivity index (χ1) is 13.4. The third-order valence-corrected chi connectivity index (χ3v) is 7.86. The minimum atomic E-state index is -3.84. The number of anilines is 1. The van der Waals surface area contributed by atoms with E-state index in [1.165, 1.54) is 23.6 Å². The summed E-state index contributed by atoms with van der Waals surface area (Å²) in [6.07, 6.45) is 4.63. The summed E-state index contributed by atoms with van der Waals surface area (Å²) in [6.45, 7) is 1.65. The number of hydrogen-bond donors (Lipinski definition) is 1. The molecule has 2 bridgehead atoms. The van der Waals surface area contributed by atoms with Crippen molar-refractivity contribution in [3.05, 3.63) is 60.2 Å². The normalized spacial score (nSPS) is 23.5. The lowest BCUT2D eigenvalue weighted by molar-refractivity contribution is -0.120. The number of aryl methyl sites for hydroxylation is 1. The van der Waals surface area contributed by atoms with Crippen molar-refractivity contribution >= 4 is 21.6 Å². The molecule has 0 radical (unpaired) electrons. The molecular weight excluding hydrogens is 372 g/mol. The summed E-state index contributed by atoms with van der Waals surface area (Å²) < 4.78 is 27.9. The maximum atomic E-state index is 13.3. The van der Waals surface area contributed by atoms with E-state index in [2.05, 4.69) is 5.32 Å². The van der Waals surface area contributed by atoms with Crippen molar-refractivity contribution < 1.29 is 13.2 Å². The minimum absolute atomic E-state index is 0.185. The zero-order valence-corrected chi connectivity index (χ0v) is 16.9. The van der Waals surface area contributed by atoms with Gasteiger partial charge in [0.1, 0.15) is 6.54 Å². The van der Waals surface area contributed by atoms with E-state index in [4.69, 9.17) is 0 Å². The molecule has 0 aliphatic heterocycles. The highest BCUT2D eigenvalue weighted by Gasteiger charge is 2.40. The Labute approximate surface area is 166 Å². The molecule has 6 heteroatoms. The van der Waals surface area contributed by atoms with Gasteiger partial charge in [0.2, 0.25) is 5.91 Å². The summed E-state index contributed by atoms with van der Waals surface area (Å²) in [4.78, 5) is 13.0. The van der Waals surface area contributed by atoms with Gasteiger partial charge in [-0.25, -0.2) is 8.42 Å². The lowest BCUT2D eigenvalue weighted by atomic mass is 9.95. The van der Waals surface area contributed by atoms with Gasteiger partial charge in [0.05, 0.1) is 10.6 Å². The molecule has 0 saturated heterocycles. The summed E-state index contributed by atoms with van der Waals surface area (Å²) in [5.74, 6) is 1.03. The van der Waals surface area contributed by atoms with Crippen LogP contribution in [-0.4, -0.2) is 26.9 Å². The number of benzene rings is 2. The molecule has 2 aliphatic carbocycles. The second kappa shape index (κ2) is 7.59. The Morgan fingerprint density at radius 2 is 1.75 bits per heavy atom. The van der Waals surface area contributed by atoms with E-state index in [1.807, 2.05) is 19.1 Å². The maximum Gasteiger partial charge on any atom is 0.264 e. The van der Waals surface area contributed by atoms with Gasteiger partial charge in [-0.15, -0.1) is 0 Å². The number of hydrogen-bond acceptors (Lipinski definition) is 3. The molecule has 0 heterocycles. The highest BCUT2D eigenvalue weighted by molar-refractivity contribution is 7.92. The van der Waals surface area contributed by atoms with E-state index in [-0.39, 0.29) is 23.4 Å². The lowest BCUT2D eigenvalue weighted by Gasteiger charge is -2.28. The fourth-order valence-corrected chi connectivity index (χ4v) is 6.17. The number of fused-ring (bicyclic) bond motifs is 2. The average Bonchev–Trinajstić information content (AvgIpc) is 3.30. The first-order valence-electron chi connectivity index (χ1n) is 9.88. The number of nitrogens with zero attached hydrogens (tertiary/aromatic N) is 1. The highest BCUT2D eigenvalue weighted by Crippen LogP contribution is 2.44. The van der Waals surface area contributed by atoms with E-state index in [0.29, 0.717) is 11.6 Å². The van der Waals surface area contributed by atoms with Gasteiger partial charge >= 0.3 is 0 Å². The van der Waals surface area contributed by atoms with Crippen LogP contribution in [0, 0.1) is 18.8 Å². The van der Waals surface area contributed by atoms with Crippen LogP contribution >= 0.6 is 0 Å². The van der Waals surface area contributed by atoms with Crippen LogP contribution in [0.3, 0.4) is 0 Å². The second-order valence-electron chi connectivity index (χ2n) is 7.96. The fourth-order valence-electron chi connectivity index (χ4n) is 4.67. The Balaban J connectivity index is 1.60. The van der Waals surface area contributed by atoms with Gasteiger partial charge in [-0.05, 0) is 61.8 Å². The Morgan fingerprint density at radius 1 is 1.04 bits per heavy atom. The molecule has 0 aromatic heterocycles. The molecule has 4 rings (SSSR count). The monoisotopic (exact) mass is 398 g/mol. The predicted molar refractivity (Wildman–Crippen MR) is 110 cm³/mol. The quantitative estimate of drug-likeness (QED) is 0.810. The van der Waals surface area contributed by atoms with Crippen LogP contribution in [0.5, 0.6) is 0 Å². The van der Waals surface area contributed by atoms with Crippen LogP contribution in [0.4, 0.5) is 5.69 Å². The summed E-state index contributed by atoms with van der Waals surface area (Å²) in [6, 6.07) is 15.7. The number of nitrogens with one attached hydrogen (secondary N) is 1. The first kappa shape index (κ1) is 19.0. The SMILES string of the molecule is Cc1ccccc1N(CC(=O)N[C@H]1C[C@@H]2CC[C@H]1C2)S(=O)(=O)c1ccccc1. The van der Waals surface area contributed by atoms with Crippen molar-refractivity contribution in [3.8, 4) is 0 Å². The Kier molecular flexibility index (Phi) is 5.15. The molecule has 2 fully saturated rings. The molecule has 0 spiro atoms. The fraction of sp³-hybridized carbons (Fsp3) is 0.409. The summed E-state index contributed by atoms with van der Waals surface area (Å²) >= 11 is 0. The van der Waals surface area contributed by atoms with Gasteiger partial charge in [-0.1, -0.05) is 42.8 Å². The topological polar surface area (TPSA) is 66.5 Å². The summed E-state index contributed by atoms with van der Waals surface area (Å²) in [7, 11) is -3.84. The molecule has 3 atom stereocenters. The van der Waals surface area contributed by atoms with Crippen molar-refractivity contribution in [2.45, 2.75) is 43.5 Å². The van der Waals surface area contributed by atoms with Gasteiger partial charge in [0.15, 0.2) is 0 Å². The van der Waals surface area contributed by atoms with Gasteiger partial charge in [0, 0.05) is 6.04 Å². The number of amides is 1. The smallest absolute Gasteiger partial charge is 0.264 e. The average molecular weight is 399 g/mol. The molecule has 5 nitrogen and oxygen atoms in total. The van der Waals surface area contributed by atoms with Gasteiger partial charge in [-0.2, -0.15) is 0 Å². The highest BCUT2D eigenvalue weighted by atomic mass is 32.2. The number of carbonyl (C=O) groups excluding carboxylic acids is 1. The van der Waals surface area contributed by atoms with E-state index < -0.39 is 10.0 Å². The van der Waals surface area contributed by atoms with Crippen LogP contribution in [0.1, 0.15) is 31.2 Å². The van der Waals surface area contributed by atoms with Crippen LogP contribution < -0.4 is 9.62 Å². The molecule has 2 aromatic rings. The van der Waals surface area contributed by atoms with Crippen LogP contribution in [0.25, 0.3) is 0 Å². The molecule has 2 aliphatic rings. The molecular formula is C22H26N2O3S. The third-order valence-electron chi connectivity index (χ3n) is 6.09. The van der Waals surface area contributed by atoms with Crippen molar-refractivity contribution in [1.29, 1.82) is 0 Å². The Hall–Kier alpha value is -2.34. The van der Waals surface area contributed by atoms with Gasteiger partial charge in [-0.3, -0.25) is 9.10 Å². The number of rotatable bonds is 6. The van der Waals surface area contributed by atoms with Crippen LogP contribution in [-0.2, 0) is 14.8 Å². The number of carbonyl (C=O) groups is 1. The molecule has 1 amide bonds. The Morgan fingerprint density at radius 3 is 2.39 bits per heavy atom. The predicted octanol–water partition coefficient (Wildman–Crippen LogP) is 3.50. The molecule has 2 saturated carbocycles. The summed E-state index contributed by atoms with van der Waals surface area (Å²) in [5.41, 5.74) is 1.35. The van der Waals surface area contributed by atoms with Crippen molar-refractivity contribution in [2.24, 2.45) is 11.8 Å². The van der Waals surface area contributed by atoms with Crippen LogP contribution in [0.15, 0.2) is 59.5 Å². The molecule has 0 unspecified atom stereocenters. The number of para-hydroxylation sites is 1. The third kappa shape index (κ3) is 3.65. The molecule has 1 N–H and O–H groups in total. The van der Waals surface area contributed by atoms with E-state index >= 15 is 0 Å². The Bertz CT molecular complexity index is 959. The second-order valence-corrected chi connectivity index (χ2v) is 9.82. The standard InChI is InChI=1S/C22H26N2O3S/c1-16-7-5-6-10-21(16)24(28(26,27)19-8-3-2-4-9-19)15-22(25)23-20-14-17-11-12-18(20)13-17/h2-10,17-18,20H,11-15H2,1H3,(H,23,25)/t17-,18+,20+/m1/s1. The first-order valence-corrected chi connectivity index (χ1v) is 11.3. The zero-order valence-electron chi connectivity index (χ0n) is 16.0. The zero-order chi connectivity index (χ0) is 19.7. The molecule has 28 heavy (non-hydrogen) atoms. The van der Waals surface area contributed by atoms with E-state index in [1.54, 1.807) is 42.5 Å². The number of sulfonamides is 1. The van der Waals surface area contributed by atoms with Crippen molar-refractivity contribution in [2.75, 3.05) is 10.8 Å².